The van der Waals surface area contributed by atoms with Gasteiger partial charge in [0.15, 0.2) is 17.5 Å². The van der Waals surface area contributed by atoms with Gasteiger partial charge in [-0.05, 0) is 33.8 Å². The first kappa shape index (κ1) is 27.1. The Morgan fingerprint density at radius 1 is 1.21 bits per heavy atom. The van der Waals surface area contributed by atoms with Gasteiger partial charge < -0.3 is 25.4 Å². The topological polar surface area (TPSA) is 84.0 Å². The first-order valence-electron chi connectivity index (χ1n) is 9.17. The Morgan fingerprint density at radius 3 is 2.45 bits per heavy atom. The third-order valence-electron chi connectivity index (χ3n) is 3.89. The number of hydrogen-bond acceptors (Lipinski definition) is 4. The molecule has 1 aromatic carbocycles. The predicted molar refractivity (Wildman–Crippen MR) is 120 cm³/mol. The Balaban J connectivity index is 0.00000784. The van der Waals surface area contributed by atoms with Gasteiger partial charge in [0, 0.05) is 32.2 Å². The SMILES string of the molecule is CCNC(=O)C(C)(C)CNC(=NC)NCc1cccc(OCC)c1OC(F)F.I. The van der Waals surface area contributed by atoms with Gasteiger partial charge in [0.2, 0.25) is 5.91 Å². The number of carbonyl (C=O) groups is 1. The molecule has 0 aliphatic rings. The molecule has 0 aromatic heterocycles. The number of hydrogen-bond donors (Lipinski definition) is 3. The molecule has 1 amide bonds. The highest BCUT2D eigenvalue weighted by Crippen LogP contribution is 2.32. The largest absolute Gasteiger partial charge is 0.490 e. The molecule has 29 heavy (non-hydrogen) atoms. The number of carbonyl (C=O) groups excluding carboxylic acids is 1. The van der Waals surface area contributed by atoms with Gasteiger partial charge in [-0.2, -0.15) is 8.78 Å². The van der Waals surface area contributed by atoms with E-state index in [0.717, 1.165) is 0 Å². The predicted octanol–water partition coefficient (Wildman–Crippen LogP) is 3.13. The second-order valence-electron chi connectivity index (χ2n) is 6.58. The Hall–Kier alpha value is -1.85. The maximum Gasteiger partial charge on any atom is 0.387 e. The van der Waals surface area contributed by atoms with Crippen LogP contribution in [-0.2, 0) is 11.3 Å². The molecule has 0 spiro atoms. The van der Waals surface area contributed by atoms with Crippen molar-refractivity contribution in [3.63, 3.8) is 0 Å². The van der Waals surface area contributed by atoms with Gasteiger partial charge in [-0.3, -0.25) is 9.79 Å². The molecule has 0 fully saturated rings. The van der Waals surface area contributed by atoms with E-state index in [2.05, 4.69) is 25.7 Å². The molecule has 166 valence electrons. The van der Waals surface area contributed by atoms with Crippen LogP contribution in [0.1, 0.15) is 33.3 Å². The highest BCUT2D eigenvalue weighted by Gasteiger charge is 2.27. The van der Waals surface area contributed by atoms with Crippen molar-refractivity contribution < 1.29 is 23.0 Å². The molecule has 0 radical (unpaired) electrons. The minimum atomic E-state index is -2.96. The molecule has 0 saturated heterocycles. The van der Waals surface area contributed by atoms with E-state index >= 15 is 0 Å². The molecule has 10 heteroatoms. The van der Waals surface area contributed by atoms with Gasteiger partial charge in [0.1, 0.15) is 0 Å². The molecule has 0 atom stereocenters. The summed E-state index contributed by atoms with van der Waals surface area (Å²) in [5.74, 6) is 0.601. The number of nitrogens with one attached hydrogen (secondary N) is 3. The van der Waals surface area contributed by atoms with E-state index in [1.807, 2.05) is 20.8 Å². The standard InChI is InChI=1S/C19H30F2N4O3.HI/c1-6-23-16(26)19(3,4)12-25-18(22-5)24-11-13-9-8-10-14(27-7-2)15(13)28-17(20)21;/h8-10,17H,6-7,11-12H2,1-5H3,(H,23,26)(H2,22,24,25);1H. The number of rotatable bonds is 10. The molecule has 1 rings (SSSR count). The summed E-state index contributed by atoms with van der Waals surface area (Å²) in [6.07, 6.45) is 0. The number of para-hydroxylation sites is 1. The summed E-state index contributed by atoms with van der Waals surface area (Å²) in [4.78, 5) is 16.2. The first-order chi connectivity index (χ1) is 13.2. The second kappa shape index (κ2) is 13.4. The zero-order valence-corrected chi connectivity index (χ0v) is 19.8. The monoisotopic (exact) mass is 528 g/mol. The van der Waals surface area contributed by atoms with Crippen LogP contribution in [-0.4, -0.2) is 45.2 Å². The van der Waals surface area contributed by atoms with E-state index in [-0.39, 0.29) is 47.9 Å². The fraction of sp³-hybridized carbons (Fsp3) is 0.579. The Morgan fingerprint density at radius 2 is 1.90 bits per heavy atom. The van der Waals surface area contributed by atoms with Gasteiger partial charge in [0.05, 0.1) is 12.0 Å². The van der Waals surface area contributed by atoms with Gasteiger partial charge in [0.25, 0.3) is 0 Å². The zero-order chi connectivity index (χ0) is 21.2. The number of nitrogens with zero attached hydrogens (tertiary/aromatic N) is 1. The van der Waals surface area contributed by atoms with Crippen molar-refractivity contribution in [2.24, 2.45) is 10.4 Å². The lowest BCUT2D eigenvalue weighted by molar-refractivity contribution is -0.128. The van der Waals surface area contributed by atoms with E-state index in [1.165, 1.54) is 0 Å². The minimum Gasteiger partial charge on any atom is -0.490 e. The number of halogens is 3. The molecule has 0 bridgehead atoms. The van der Waals surface area contributed by atoms with Crippen LogP contribution in [0.4, 0.5) is 8.78 Å². The summed E-state index contributed by atoms with van der Waals surface area (Å²) in [7, 11) is 1.58. The molecule has 0 aliphatic carbocycles. The molecule has 0 unspecified atom stereocenters. The van der Waals surface area contributed by atoms with Crippen molar-refractivity contribution >= 4 is 35.8 Å². The van der Waals surface area contributed by atoms with E-state index in [0.29, 0.717) is 31.2 Å². The van der Waals surface area contributed by atoms with Crippen LogP contribution < -0.4 is 25.4 Å². The maximum atomic E-state index is 12.8. The number of benzene rings is 1. The van der Waals surface area contributed by atoms with Crippen molar-refractivity contribution in [3.8, 4) is 11.5 Å². The Bertz CT molecular complexity index is 673. The fourth-order valence-corrected chi connectivity index (χ4v) is 2.38. The number of aliphatic imine (C=N–C) groups is 1. The highest BCUT2D eigenvalue weighted by molar-refractivity contribution is 14.0. The molecule has 0 heterocycles. The number of amides is 1. The normalized spacial score (nSPS) is 11.5. The summed E-state index contributed by atoms with van der Waals surface area (Å²) < 4.78 is 35.6. The van der Waals surface area contributed by atoms with Gasteiger partial charge >= 0.3 is 6.61 Å². The number of alkyl halides is 2. The lowest BCUT2D eigenvalue weighted by Gasteiger charge is -2.25. The highest BCUT2D eigenvalue weighted by atomic mass is 127. The van der Waals surface area contributed by atoms with E-state index in [4.69, 9.17) is 4.74 Å². The van der Waals surface area contributed by atoms with E-state index in [9.17, 15) is 13.6 Å². The fourth-order valence-electron chi connectivity index (χ4n) is 2.38. The smallest absolute Gasteiger partial charge is 0.387 e. The maximum absolute atomic E-state index is 12.8. The van der Waals surface area contributed by atoms with Crippen LogP contribution in [0.2, 0.25) is 0 Å². The van der Waals surface area contributed by atoms with Crippen molar-refractivity contribution in [2.45, 2.75) is 40.9 Å². The number of guanidine groups is 1. The lowest BCUT2D eigenvalue weighted by Crippen LogP contribution is -2.47. The summed E-state index contributed by atoms with van der Waals surface area (Å²) in [5.41, 5.74) is -0.149. The minimum absolute atomic E-state index is 0. The molecule has 0 aliphatic heterocycles. The Kier molecular flexibility index (Phi) is 12.5. The average Bonchev–Trinajstić information content (AvgIpc) is 2.64. The van der Waals surface area contributed by atoms with Crippen molar-refractivity contribution in [1.82, 2.24) is 16.0 Å². The van der Waals surface area contributed by atoms with E-state index < -0.39 is 12.0 Å². The van der Waals surface area contributed by atoms with Crippen LogP contribution in [0.25, 0.3) is 0 Å². The van der Waals surface area contributed by atoms with Crippen LogP contribution in [0.15, 0.2) is 23.2 Å². The van der Waals surface area contributed by atoms with Crippen molar-refractivity contribution in [2.75, 3.05) is 26.7 Å². The second-order valence-corrected chi connectivity index (χ2v) is 6.58. The lowest BCUT2D eigenvalue weighted by atomic mass is 9.92. The summed E-state index contributed by atoms with van der Waals surface area (Å²) in [6.45, 7) is 5.71. The van der Waals surface area contributed by atoms with Crippen LogP contribution >= 0.6 is 24.0 Å². The summed E-state index contributed by atoms with van der Waals surface area (Å²) in [6, 6.07) is 4.94. The molecular formula is C19H31F2IN4O3. The van der Waals surface area contributed by atoms with Crippen molar-refractivity contribution in [1.29, 1.82) is 0 Å². The molecule has 1 aromatic rings. The molecular weight excluding hydrogens is 497 g/mol. The van der Waals surface area contributed by atoms with Crippen LogP contribution in [0.3, 0.4) is 0 Å². The summed E-state index contributed by atoms with van der Waals surface area (Å²) >= 11 is 0. The van der Waals surface area contributed by atoms with E-state index in [1.54, 1.807) is 32.2 Å². The third kappa shape index (κ3) is 9.01. The van der Waals surface area contributed by atoms with Crippen LogP contribution in [0, 0.1) is 5.41 Å². The quantitative estimate of drug-likeness (QED) is 0.247. The Labute approximate surface area is 188 Å². The summed E-state index contributed by atoms with van der Waals surface area (Å²) in [5, 5.41) is 8.90. The number of ether oxygens (including phenoxy) is 2. The molecule has 3 N–H and O–H groups in total. The van der Waals surface area contributed by atoms with Gasteiger partial charge in [-0.1, -0.05) is 12.1 Å². The van der Waals surface area contributed by atoms with Crippen LogP contribution in [0.5, 0.6) is 11.5 Å². The van der Waals surface area contributed by atoms with Gasteiger partial charge in [-0.25, -0.2) is 0 Å². The average molecular weight is 528 g/mol. The third-order valence-corrected chi connectivity index (χ3v) is 3.89. The van der Waals surface area contributed by atoms with Gasteiger partial charge in [-0.15, -0.1) is 24.0 Å². The molecule has 0 saturated carbocycles. The first-order valence-corrected chi connectivity index (χ1v) is 9.17. The zero-order valence-electron chi connectivity index (χ0n) is 17.5. The molecule has 7 nitrogen and oxygen atoms in total. The van der Waals surface area contributed by atoms with Crippen molar-refractivity contribution in [3.05, 3.63) is 23.8 Å².